The number of rotatable bonds is 29. The van der Waals surface area contributed by atoms with Crippen LogP contribution in [0.1, 0.15) is 97.3 Å². The Labute approximate surface area is 350 Å². The third-order valence-corrected chi connectivity index (χ3v) is 9.84. The molecule has 9 N–H and O–H groups in total. The van der Waals surface area contributed by atoms with Gasteiger partial charge in [-0.1, -0.05) is 112 Å². The summed E-state index contributed by atoms with van der Waals surface area (Å²) in [6, 6.07) is -0.938. The Morgan fingerprint density at radius 2 is 1.15 bits per heavy atom. The number of carbonyl (C=O) groups excluding carboxylic acids is 1. The molecule has 0 spiro atoms. The molecule has 0 aliphatic carbocycles. The van der Waals surface area contributed by atoms with E-state index in [-0.39, 0.29) is 18.9 Å². The predicted molar refractivity (Wildman–Crippen MR) is 226 cm³/mol. The molecule has 2 aliphatic rings. The minimum Gasteiger partial charge on any atom is -0.394 e. The maximum Gasteiger partial charge on any atom is 0.220 e. The van der Waals surface area contributed by atoms with E-state index in [0.717, 1.165) is 70.6 Å². The van der Waals surface area contributed by atoms with E-state index in [2.05, 4.69) is 85.2 Å². The molecule has 2 aliphatic heterocycles. The summed E-state index contributed by atoms with van der Waals surface area (Å²) in [5, 5.41) is 85.7. The van der Waals surface area contributed by atoms with Crippen molar-refractivity contribution < 1.29 is 64.6 Å². The fourth-order valence-electron chi connectivity index (χ4n) is 6.28. The van der Waals surface area contributed by atoms with Gasteiger partial charge in [0.25, 0.3) is 0 Å². The van der Waals surface area contributed by atoms with Gasteiger partial charge >= 0.3 is 0 Å². The van der Waals surface area contributed by atoms with Crippen LogP contribution in [0.3, 0.4) is 0 Å². The number of hydrogen-bond donors (Lipinski definition) is 9. The van der Waals surface area contributed by atoms with Gasteiger partial charge in [0.2, 0.25) is 5.91 Å². The van der Waals surface area contributed by atoms with Crippen molar-refractivity contribution in [2.24, 2.45) is 0 Å². The van der Waals surface area contributed by atoms with Gasteiger partial charge in [-0.15, -0.1) is 0 Å². The van der Waals surface area contributed by atoms with Crippen molar-refractivity contribution in [3.8, 4) is 0 Å². The highest BCUT2D eigenvalue weighted by molar-refractivity contribution is 5.76. The monoisotopic (exact) mass is 836 g/mol. The molecule has 14 heteroatoms. The van der Waals surface area contributed by atoms with Crippen LogP contribution in [0, 0.1) is 0 Å². The van der Waals surface area contributed by atoms with E-state index in [4.69, 9.17) is 18.9 Å². The first-order chi connectivity index (χ1) is 28.6. The average Bonchev–Trinajstić information content (AvgIpc) is 3.23. The molecular formula is C45H73NO13. The quantitative estimate of drug-likeness (QED) is 0.0389. The van der Waals surface area contributed by atoms with Gasteiger partial charge in [-0.3, -0.25) is 4.79 Å². The van der Waals surface area contributed by atoms with Crippen LogP contribution >= 0.6 is 0 Å². The Morgan fingerprint density at radius 1 is 0.627 bits per heavy atom. The number of allylic oxidation sites excluding steroid dienone is 13. The summed E-state index contributed by atoms with van der Waals surface area (Å²) in [4.78, 5) is 13.0. The number of aliphatic hydroxyl groups excluding tert-OH is 8. The Morgan fingerprint density at radius 3 is 1.71 bits per heavy atom. The summed E-state index contributed by atoms with van der Waals surface area (Å²) < 4.78 is 22.4. The molecule has 2 heterocycles. The molecule has 0 radical (unpaired) electrons. The van der Waals surface area contributed by atoms with Crippen LogP contribution in [-0.4, -0.2) is 140 Å². The van der Waals surface area contributed by atoms with E-state index in [1.807, 2.05) is 13.0 Å². The number of aliphatic hydroxyl groups is 8. The fraction of sp³-hybridized carbons (Fsp3) is 0.667. The SMILES string of the molecule is CC/C=C\C/C=C\C/C=C\C/C=C\C/C=C\C/C=C\CCCCC(=O)NC(COC1OC(CO)C(OC2OC(CO)C(O)C(O)C2O)C(O)C1O)C(O)/C=C/CCCC. The average molecular weight is 836 g/mol. The Hall–Kier alpha value is -2.83. The third-order valence-electron chi connectivity index (χ3n) is 9.84. The number of nitrogens with one attached hydrogen (secondary N) is 1. The van der Waals surface area contributed by atoms with Crippen LogP contribution in [0.15, 0.2) is 85.1 Å². The molecule has 0 saturated carbocycles. The molecule has 12 unspecified atom stereocenters. The first-order valence-corrected chi connectivity index (χ1v) is 21.3. The van der Waals surface area contributed by atoms with E-state index < -0.39 is 86.8 Å². The first-order valence-electron chi connectivity index (χ1n) is 21.3. The molecule has 2 fully saturated rings. The van der Waals surface area contributed by atoms with Crippen LogP contribution < -0.4 is 5.32 Å². The van der Waals surface area contributed by atoms with E-state index in [1.165, 1.54) is 0 Å². The van der Waals surface area contributed by atoms with Gasteiger partial charge in [-0.05, 0) is 64.2 Å². The minimum atomic E-state index is -1.79. The molecule has 0 bridgehead atoms. The fourth-order valence-corrected chi connectivity index (χ4v) is 6.28. The summed E-state index contributed by atoms with van der Waals surface area (Å²) in [6.45, 7) is 2.42. The van der Waals surface area contributed by atoms with E-state index >= 15 is 0 Å². The van der Waals surface area contributed by atoms with Crippen molar-refractivity contribution in [1.82, 2.24) is 5.32 Å². The maximum atomic E-state index is 13.0. The molecule has 12 atom stereocenters. The van der Waals surface area contributed by atoms with Crippen molar-refractivity contribution in [1.29, 1.82) is 0 Å². The highest BCUT2D eigenvalue weighted by Crippen LogP contribution is 2.29. The lowest BCUT2D eigenvalue weighted by molar-refractivity contribution is -0.359. The van der Waals surface area contributed by atoms with Crippen LogP contribution in [0.4, 0.5) is 0 Å². The van der Waals surface area contributed by atoms with Gasteiger partial charge in [-0.2, -0.15) is 0 Å². The van der Waals surface area contributed by atoms with Crippen LogP contribution in [0.25, 0.3) is 0 Å². The summed E-state index contributed by atoms with van der Waals surface area (Å²) >= 11 is 0. The standard InChI is InChI=1S/C45H73NO13/c1-3-5-7-9-10-11-12-13-14-15-16-17-18-19-20-21-22-23-24-25-27-29-37(50)46-33(34(49)28-26-8-6-4-2)32-56-44-42(55)40(53)43(36(31-48)58-44)59-45-41(54)39(52)38(51)35(30-47)57-45/h5,7,10-11,13-14,16-17,19-20,22-23,26,28,33-36,38-45,47-49,51-55H,3-4,6,8-9,12,15,18,21,24-25,27,29-32H2,1-2H3,(H,46,50)/b7-5-,11-10-,14-13-,17-16-,20-19-,23-22-,28-26+. The van der Waals surface area contributed by atoms with Crippen LogP contribution in [-0.2, 0) is 23.7 Å². The molecule has 0 aromatic heterocycles. The van der Waals surface area contributed by atoms with Crippen LogP contribution in [0.2, 0.25) is 0 Å². The highest BCUT2D eigenvalue weighted by atomic mass is 16.7. The lowest BCUT2D eigenvalue weighted by Crippen LogP contribution is -2.65. The highest BCUT2D eigenvalue weighted by Gasteiger charge is 2.50. The first kappa shape index (κ1) is 52.3. The molecule has 2 saturated heterocycles. The summed E-state index contributed by atoms with van der Waals surface area (Å²) in [7, 11) is 0. The second-order valence-electron chi connectivity index (χ2n) is 14.7. The van der Waals surface area contributed by atoms with Crippen molar-refractivity contribution in [2.45, 2.75) is 171 Å². The predicted octanol–water partition coefficient (Wildman–Crippen LogP) is 3.48. The van der Waals surface area contributed by atoms with Gasteiger partial charge in [0.15, 0.2) is 12.6 Å². The van der Waals surface area contributed by atoms with Gasteiger partial charge in [0.1, 0.15) is 48.8 Å². The zero-order valence-corrected chi connectivity index (χ0v) is 34.9. The van der Waals surface area contributed by atoms with Gasteiger partial charge < -0.3 is 65.1 Å². The number of carbonyl (C=O) groups is 1. The number of hydrogen-bond acceptors (Lipinski definition) is 13. The van der Waals surface area contributed by atoms with Crippen LogP contribution in [0.5, 0.6) is 0 Å². The number of unbranched alkanes of at least 4 members (excludes halogenated alkanes) is 4. The van der Waals surface area contributed by atoms with Gasteiger partial charge in [0, 0.05) is 6.42 Å². The number of ether oxygens (including phenoxy) is 4. The second-order valence-corrected chi connectivity index (χ2v) is 14.7. The minimum absolute atomic E-state index is 0.218. The molecule has 0 aromatic rings. The van der Waals surface area contributed by atoms with E-state index in [1.54, 1.807) is 6.08 Å². The molecule has 59 heavy (non-hydrogen) atoms. The normalized spacial score (nSPS) is 29.4. The summed E-state index contributed by atoms with van der Waals surface area (Å²) in [6.07, 6.45) is 22.9. The molecule has 0 aromatic carbocycles. The van der Waals surface area contributed by atoms with Gasteiger partial charge in [0.05, 0.1) is 32.0 Å². The molecule has 2 rings (SSSR count). The molecule has 14 nitrogen and oxygen atoms in total. The lowest BCUT2D eigenvalue weighted by Gasteiger charge is -2.46. The van der Waals surface area contributed by atoms with E-state index in [9.17, 15) is 45.6 Å². The second kappa shape index (κ2) is 32.0. The molecule has 336 valence electrons. The molecule has 1 amide bonds. The number of amides is 1. The smallest absolute Gasteiger partial charge is 0.220 e. The Balaban J connectivity index is 1.80. The topological polar surface area (TPSA) is 228 Å². The summed E-state index contributed by atoms with van der Waals surface area (Å²) in [5.41, 5.74) is 0. The molecular weight excluding hydrogens is 762 g/mol. The maximum absolute atomic E-state index is 13.0. The van der Waals surface area contributed by atoms with Gasteiger partial charge in [-0.25, -0.2) is 0 Å². The zero-order chi connectivity index (χ0) is 43.3. The van der Waals surface area contributed by atoms with E-state index in [0.29, 0.717) is 6.42 Å². The largest absolute Gasteiger partial charge is 0.394 e. The Kier molecular flexibility index (Phi) is 28.3. The van der Waals surface area contributed by atoms with Crippen molar-refractivity contribution >= 4 is 5.91 Å². The lowest BCUT2D eigenvalue weighted by atomic mass is 9.97. The zero-order valence-electron chi connectivity index (χ0n) is 34.9. The Bertz CT molecular complexity index is 1310. The van der Waals surface area contributed by atoms with Crippen molar-refractivity contribution in [3.05, 3.63) is 85.1 Å². The summed E-state index contributed by atoms with van der Waals surface area (Å²) in [5.74, 6) is -0.297. The van der Waals surface area contributed by atoms with Crippen molar-refractivity contribution in [2.75, 3.05) is 19.8 Å². The third kappa shape index (κ3) is 20.5. The van der Waals surface area contributed by atoms with Crippen molar-refractivity contribution in [3.63, 3.8) is 0 Å².